The van der Waals surface area contributed by atoms with Crippen LogP contribution >= 0.6 is 0 Å². The van der Waals surface area contributed by atoms with Gasteiger partial charge >= 0.3 is 0 Å². The second-order valence-electron chi connectivity index (χ2n) is 5.23. The summed E-state index contributed by atoms with van der Waals surface area (Å²) in [6.45, 7) is 6.00. The van der Waals surface area contributed by atoms with Gasteiger partial charge in [0.15, 0.2) is 0 Å². The molecule has 0 aliphatic heterocycles. The minimum absolute atomic E-state index is 0.124. The topological polar surface area (TPSA) is 50.7 Å². The molecule has 0 atom stereocenters. The highest BCUT2D eigenvalue weighted by atomic mass is 16.5. The van der Waals surface area contributed by atoms with Crippen molar-refractivity contribution in [3.63, 3.8) is 0 Å². The molecule has 1 N–H and O–H groups in total. The first-order valence-electron chi connectivity index (χ1n) is 6.85. The van der Waals surface area contributed by atoms with Gasteiger partial charge in [-0.25, -0.2) is 5.43 Å². The fraction of sp³-hybridized carbons (Fsp3) is 0.375. The third-order valence-corrected chi connectivity index (χ3v) is 2.98. The van der Waals surface area contributed by atoms with E-state index in [1.807, 2.05) is 19.9 Å². The third kappa shape index (κ3) is 3.95. The Morgan fingerprint density at radius 3 is 2.50 bits per heavy atom. The van der Waals surface area contributed by atoms with Crippen LogP contribution in [0.25, 0.3) is 0 Å². The third-order valence-electron chi connectivity index (χ3n) is 2.98. The molecule has 1 aromatic rings. The van der Waals surface area contributed by atoms with Crippen molar-refractivity contribution >= 4 is 11.6 Å². The molecule has 4 nitrogen and oxygen atoms in total. The number of allylic oxidation sites excluding steroid dienone is 2. The molecule has 0 heterocycles. The van der Waals surface area contributed by atoms with Crippen LogP contribution in [0.5, 0.6) is 5.75 Å². The maximum Gasteiger partial charge on any atom is 0.271 e. The molecule has 4 heteroatoms. The van der Waals surface area contributed by atoms with Crippen molar-refractivity contribution in [3.05, 3.63) is 41.5 Å². The first kappa shape index (κ1) is 14.3. The van der Waals surface area contributed by atoms with Gasteiger partial charge in [0.2, 0.25) is 0 Å². The van der Waals surface area contributed by atoms with E-state index in [1.165, 1.54) is 5.57 Å². The van der Waals surface area contributed by atoms with Crippen LogP contribution in [0.4, 0.5) is 0 Å². The number of ether oxygens (including phenoxy) is 1. The summed E-state index contributed by atoms with van der Waals surface area (Å²) in [7, 11) is 0. The smallest absolute Gasteiger partial charge is 0.271 e. The van der Waals surface area contributed by atoms with Gasteiger partial charge in [-0.05, 0) is 64.0 Å². The van der Waals surface area contributed by atoms with Gasteiger partial charge in [0.05, 0.1) is 11.8 Å². The summed E-state index contributed by atoms with van der Waals surface area (Å²) in [5.41, 5.74) is 5.38. The molecule has 1 aliphatic rings. The summed E-state index contributed by atoms with van der Waals surface area (Å²) in [5.74, 6) is 0.559. The average molecular weight is 272 g/mol. The van der Waals surface area contributed by atoms with Crippen molar-refractivity contribution in [2.75, 3.05) is 0 Å². The molecule has 20 heavy (non-hydrogen) atoms. The van der Waals surface area contributed by atoms with Crippen LogP contribution in [-0.2, 0) is 0 Å². The van der Waals surface area contributed by atoms with E-state index in [0.717, 1.165) is 24.3 Å². The summed E-state index contributed by atoms with van der Waals surface area (Å²) in [5, 5.41) is 4.13. The number of hydrogen-bond acceptors (Lipinski definition) is 3. The largest absolute Gasteiger partial charge is 0.491 e. The lowest BCUT2D eigenvalue weighted by Crippen LogP contribution is -2.18. The van der Waals surface area contributed by atoms with Crippen LogP contribution in [-0.4, -0.2) is 17.7 Å². The minimum atomic E-state index is -0.202. The number of benzene rings is 1. The SMILES string of the molecule is CC1=C/C(=N\NC(=O)c2ccc(OC(C)C)cc2)CC1. The highest BCUT2D eigenvalue weighted by Crippen LogP contribution is 2.15. The Hall–Kier alpha value is -2.10. The van der Waals surface area contributed by atoms with Crippen molar-refractivity contribution < 1.29 is 9.53 Å². The van der Waals surface area contributed by atoms with E-state index in [9.17, 15) is 4.79 Å². The molecular weight excluding hydrogens is 252 g/mol. The van der Waals surface area contributed by atoms with E-state index in [-0.39, 0.29) is 12.0 Å². The van der Waals surface area contributed by atoms with E-state index in [0.29, 0.717) is 5.56 Å². The lowest BCUT2D eigenvalue weighted by atomic mass is 10.2. The zero-order valence-corrected chi connectivity index (χ0v) is 12.1. The second kappa shape index (κ2) is 6.37. The van der Waals surface area contributed by atoms with Gasteiger partial charge in [0, 0.05) is 5.56 Å². The molecule has 0 aromatic heterocycles. The van der Waals surface area contributed by atoms with E-state index in [1.54, 1.807) is 24.3 Å². The van der Waals surface area contributed by atoms with Crippen LogP contribution in [0.1, 0.15) is 44.0 Å². The molecule has 2 rings (SSSR count). The molecule has 0 radical (unpaired) electrons. The Morgan fingerprint density at radius 1 is 1.25 bits per heavy atom. The van der Waals surface area contributed by atoms with Crippen molar-refractivity contribution in [1.29, 1.82) is 0 Å². The lowest BCUT2D eigenvalue weighted by Gasteiger charge is -2.09. The number of nitrogens with zero attached hydrogens (tertiary/aromatic N) is 1. The fourth-order valence-corrected chi connectivity index (χ4v) is 1.99. The number of carbonyl (C=O) groups is 1. The Morgan fingerprint density at radius 2 is 1.95 bits per heavy atom. The van der Waals surface area contributed by atoms with Crippen LogP contribution in [0.3, 0.4) is 0 Å². The fourth-order valence-electron chi connectivity index (χ4n) is 1.99. The first-order valence-corrected chi connectivity index (χ1v) is 6.85. The van der Waals surface area contributed by atoms with Gasteiger partial charge in [-0.15, -0.1) is 0 Å². The molecular formula is C16H20N2O2. The van der Waals surface area contributed by atoms with E-state index in [2.05, 4.69) is 17.5 Å². The van der Waals surface area contributed by atoms with Crippen LogP contribution in [0.15, 0.2) is 41.0 Å². The maximum absolute atomic E-state index is 11.9. The average Bonchev–Trinajstić information content (AvgIpc) is 2.82. The van der Waals surface area contributed by atoms with E-state index >= 15 is 0 Å². The number of rotatable bonds is 4. The Bertz CT molecular complexity index is 542. The highest BCUT2D eigenvalue weighted by molar-refractivity contribution is 6.00. The zero-order chi connectivity index (χ0) is 14.5. The maximum atomic E-state index is 11.9. The molecule has 0 unspecified atom stereocenters. The van der Waals surface area contributed by atoms with Crippen molar-refractivity contribution in [2.45, 2.75) is 39.7 Å². The predicted octanol–water partition coefficient (Wildman–Crippen LogP) is 3.30. The predicted molar refractivity (Wildman–Crippen MR) is 80.1 cm³/mol. The van der Waals surface area contributed by atoms with Crippen LogP contribution in [0.2, 0.25) is 0 Å². The molecule has 0 saturated carbocycles. The molecule has 0 bridgehead atoms. The minimum Gasteiger partial charge on any atom is -0.491 e. The van der Waals surface area contributed by atoms with Crippen molar-refractivity contribution in [1.82, 2.24) is 5.43 Å². The van der Waals surface area contributed by atoms with Gasteiger partial charge in [0.25, 0.3) is 5.91 Å². The summed E-state index contributed by atoms with van der Waals surface area (Å²) in [6, 6.07) is 7.06. The van der Waals surface area contributed by atoms with Gasteiger partial charge < -0.3 is 4.74 Å². The second-order valence-corrected chi connectivity index (χ2v) is 5.23. The van der Waals surface area contributed by atoms with Gasteiger partial charge in [0.1, 0.15) is 5.75 Å². The summed E-state index contributed by atoms with van der Waals surface area (Å²) >= 11 is 0. The van der Waals surface area contributed by atoms with Crippen LogP contribution in [0, 0.1) is 0 Å². The zero-order valence-electron chi connectivity index (χ0n) is 12.1. The Labute approximate surface area is 119 Å². The summed E-state index contributed by atoms with van der Waals surface area (Å²) in [4.78, 5) is 11.9. The monoisotopic (exact) mass is 272 g/mol. The van der Waals surface area contributed by atoms with Crippen molar-refractivity contribution in [2.24, 2.45) is 5.10 Å². The molecule has 0 spiro atoms. The first-order chi connectivity index (χ1) is 9.54. The van der Waals surface area contributed by atoms with Gasteiger partial charge in [-0.1, -0.05) is 5.57 Å². The number of nitrogens with one attached hydrogen (secondary N) is 1. The van der Waals surface area contributed by atoms with Crippen LogP contribution < -0.4 is 10.2 Å². The highest BCUT2D eigenvalue weighted by Gasteiger charge is 2.09. The number of carbonyl (C=O) groups excluding carboxylic acids is 1. The normalized spacial score (nSPS) is 16.4. The van der Waals surface area contributed by atoms with E-state index < -0.39 is 0 Å². The molecule has 1 aromatic carbocycles. The number of hydrogen-bond donors (Lipinski definition) is 1. The lowest BCUT2D eigenvalue weighted by molar-refractivity contribution is 0.0955. The Kier molecular flexibility index (Phi) is 4.56. The van der Waals surface area contributed by atoms with Gasteiger partial charge in [-0.3, -0.25) is 4.79 Å². The number of amides is 1. The summed E-state index contributed by atoms with van der Waals surface area (Å²) in [6.07, 6.45) is 4.06. The van der Waals surface area contributed by atoms with Crippen molar-refractivity contribution in [3.8, 4) is 5.75 Å². The summed E-state index contributed by atoms with van der Waals surface area (Å²) < 4.78 is 5.53. The van der Waals surface area contributed by atoms with E-state index in [4.69, 9.17) is 4.74 Å². The number of hydrazone groups is 1. The quantitative estimate of drug-likeness (QED) is 0.855. The Balaban J connectivity index is 1.96. The molecule has 0 saturated heterocycles. The molecule has 1 amide bonds. The molecule has 106 valence electrons. The van der Waals surface area contributed by atoms with Gasteiger partial charge in [-0.2, -0.15) is 5.10 Å². The molecule has 0 fully saturated rings. The standard InChI is InChI=1S/C16H20N2O2/c1-11(2)20-15-8-5-13(6-9-15)16(19)18-17-14-7-4-12(3)10-14/h5-6,8-11H,4,7H2,1-3H3,(H,18,19)/b17-14-. The molecule has 1 aliphatic carbocycles.